The van der Waals surface area contributed by atoms with E-state index in [0.717, 1.165) is 24.8 Å². The molecule has 0 radical (unpaired) electrons. The number of carbonyl (C=O) groups excluding carboxylic acids is 2. The van der Waals surface area contributed by atoms with E-state index in [4.69, 9.17) is 4.74 Å². The highest BCUT2D eigenvalue weighted by Crippen LogP contribution is 2.35. The van der Waals surface area contributed by atoms with Crippen molar-refractivity contribution in [3.05, 3.63) is 46.5 Å². The van der Waals surface area contributed by atoms with Crippen molar-refractivity contribution in [3.8, 4) is 0 Å². The number of thiazole rings is 1. The van der Waals surface area contributed by atoms with Crippen molar-refractivity contribution in [1.82, 2.24) is 4.98 Å². The van der Waals surface area contributed by atoms with Gasteiger partial charge in [0.25, 0.3) is 0 Å². The Bertz CT molecular complexity index is 939. The minimum Gasteiger partial charge on any atom is -0.461 e. The molecule has 1 N–H and O–H groups in total. The fourth-order valence-electron chi connectivity index (χ4n) is 3.80. The van der Waals surface area contributed by atoms with Gasteiger partial charge in [0.15, 0.2) is 10.8 Å². The molecule has 0 bridgehead atoms. The molecule has 9 heteroatoms. The quantitative estimate of drug-likeness (QED) is 0.446. The Kier molecular flexibility index (Phi) is 7.98. The maximum Gasteiger partial charge on any atom is 0.357 e. The van der Waals surface area contributed by atoms with Crippen molar-refractivity contribution in [1.29, 1.82) is 0 Å². The van der Waals surface area contributed by atoms with Crippen LogP contribution >= 0.6 is 11.3 Å². The number of anilines is 1. The molecule has 3 rings (SSSR count). The molecule has 7 nitrogen and oxygen atoms in total. The van der Waals surface area contributed by atoms with E-state index in [1.165, 1.54) is 24.2 Å². The van der Waals surface area contributed by atoms with Crippen molar-refractivity contribution in [2.75, 3.05) is 11.9 Å². The molecular weight excluding hydrogens is 424 g/mol. The lowest BCUT2D eigenvalue weighted by Gasteiger charge is -2.20. The van der Waals surface area contributed by atoms with Crippen LogP contribution in [0.25, 0.3) is 0 Å². The van der Waals surface area contributed by atoms with Crippen LogP contribution in [0.1, 0.15) is 66.6 Å². The van der Waals surface area contributed by atoms with Gasteiger partial charge < -0.3 is 10.1 Å². The van der Waals surface area contributed by atoms with Gasteiger partial charge in [0.05, 0.1) is 18.3 Å². The molecule has 0 aliphatic heterocycles. The van der Waals surface area contributed by atoms with Crippen LogP contribution in [-0.2, 0) is 26.0 Å². The lowest BCUT2D eigenvalue weighted by atomic mass is 9.87. The summed E-state index contributed by atoms with van der Waals surface area (Å²) >= 11 is 1.19. The molecule has 1 heterocycles. The van der Waals surface area contributed by atoms with Gasteiger partial charge in [-0.05, 0) is 30.4 Å². The number of aromatic nitrogens is 1. The standard InChI is InChI=1S/C21H26N2O5S2/c1-2-28-20(25)18-12-29-21(22-18)23-19(24)17(11-14-5-3-4-6-14)16-9-7-15(8-10-16)13-30(26)27/h7-10,12,14,17,30H,2-6,11,13H2,1H3,(H,22,23,24). The molecule has 1 atom stereocenters. The zero-order valence-electron chi connectivity index (χ0n) is 16.8. The largest absolute Gasteiger partial charge is 0.461 e. The molecule has 1 aromatic carbocycles. The first kappa shape index (κ1) is 22.4. The lowest BCUT2D eigenvalue weighted by molar-refractivity contribution is -0.118. The van der Waals surface area contributed by atoms with Crippen LogP contribution in [0, 0.1) is 5.92 Å². The number of thiol groups is 1. The van der Waals surface area contributed by atoms with Gasteiger partial charge in [0.1, 0.15) is 10.7 Å². The average Bonchev–Trinajstić information content (AvgIpc) is 3.38. The summed E-state index contributed by atoms with van der Waals surface area (Å²) in [7, 11) is -2.49. The zero-order chi connectivity index (χ0) is 21.5. The Labute approximate surface area is 181 Å². The van der Waals surface area contributed by atoms with Gasteiger partial charge in [0, 0.05) is 5.38 Å². The second-order valence-corrected chi connectivity index (χ2v) is 9.26. The fourth-order valence-corrected chi connectivity index (χ4v) is 4.99. The Morgan fingerprint density at radius 1 is 1.23 bits per heavy atom. The Hall–Kier alpha value is -2.26. The molecule has 2 aromatic rings. The number of nitrogens with one attached hydrogen (secondary N) is 1. The van der Waals surface area contributed by atoms with Crippen LogP contribution in [0.3, 0.4) is 0 Å². The number of esters is 1. The van der Waals surface area contributed by atoms with Gasteiger partial charge in [-0.1, -0.05) is 49.9 Å². The van der Waals surface area contributed by atoms with Crippen molar-refractivity contribution >= 4 is 39.0 Å². The number of rotatable bonds is 9. The van der Waals surface area contributed by atoms with Crippen molar-refractivity contribution in [3.63, 3.8) is 0 Å². The van der Waals surface area contributed by atoms with Crippen LogP contribution in [0.5, 0.6) is 0 Å². The minimum atomic E-state index is -2.49. The van der Waals surface area contributed by atoms with E-state index in [9.17, 15) is 18.0 Å². The molecular formula is C21H26N2O5S2. The molecule has 1 aromatic heterocycles. The monoisotopic (exact) mass is 450 g/mol. The Morgan fingerprint density at radius 2 is 1.93 bits per heavy atom. The van der Waals surface area contributed by atoms with Gasteiger partial charge >= 0.3 is 5.97 Å². The number of hydrogen-bond donors (Lipinski definition) is 2. The Morgan fingerprint density at radius 3 is 2.57 bits per heavy atom. The third kappa shape index (κ3) is 6.12. The molecule has 0 saturated heterocycles. The second-order valence-electron chi connectivity index (χ2n) is 7.42. The van der Waals surface area contributed by atoms with Gasteiger partial charge in [0.2, 0.25) is 5.91 Å². The van der Waals surface area contributed by atoms with Gasteiger partial charge in [-0.3, -0.25) is 4.79 Å². The van der Waals surface area contributed by atoms with E-state index in [0.29, 0.717) is 16.6 Å². The van der Waals surface area contributed by atoms with Gasteiger partial charge in [-0.15, -0.1) is 11.3 Å². The van der Waals surface area contributed by atoms with Crippen molar-refractivity contribution in [2.24, 2.45) is 5.92 Å². The molecule has 1 aliphatic carbocycles. The van der Waals surface area contributed by atoms with E-state index in [-0.39, 0.29) is 29.9 Å². The maximum atomic E-state index is 13.1. The normalized spacial score (nSPS) is 15.3. The van der Waals surface area contributed by atoms with E-state index >= 15 is 0 Å². The highest BCUT2D eigenvalue weighted by atomic mass is 32.2. The molecule has 1 unspecified atom stereocenters. The topological polar surface area (TPSA) is 102 Å². The number of carbonyl (C=O) groups is 2. The number of hydrogen-bond acceptors (Lipinski definition) is 7. The molecule has 1 amide bonds. The SMILES string of the molecule is CCOC(=O)c1csc(NC(=O)C(CC2CCCC2)c2ccc(C[SH](=O)=O)cc2)n1. The number of ether oxygens (including phenoxy) is 1. The lowest BCUT2D eigenvalue weighted by Crippen LogP contribution is -2.23. The summed E-state index contributed by atoms with van der Waals surface area (Å²) < 4.78 is 26.8. The minimum absolute atomic E-state index is 0.00907. The first-order valence-corrected chi connectivity index (χ1v) is 12.3. The summed E-state index contributed by atoms with van der Waals surface area (Å²) in [6.45, 7) is 1.99. The molecule has 1 saturated carbocycles. The summed E-state index contributed by atoms with van der Waals surface area (Å²) in [6, 6.07) is 7.19. The second kappa shape index (κ2) is 10.7. The highest BCUT2D eigenvalue weighted by Gasteiger charge is 2.27. The van der Waals surface area contributed by atoms with Crippen LogP contribution < -0.4 is 5.32 Å². The van der Waals surface area contributed by atoms with Crippen LogP contribution in [0.4, 0.5) is 5.13 Å². The van der Waals surface area contributed by atoms with Crippen LogP contribution in [0.2, 0.25) is 0 Å². The average molecular weight is 451 g/mol. The number of nitrogens with zero attached hydrogens (tertiary/aromatic N) is 1. The summed E-state index contributed by atoms with van der Waals surface area (Å²) in [5.74, 6) is -0.565. The van der Waals surface area contributed by atoms with E-state index in [2.05, 4.69) is 10.3 Å². The van der Waals surface area contributed by atoms with E-state index < -0.39 is 16.7 Å². The summed E-state index contributed by atoms with van der Waals surface area (Å²) in [4.78, 5) is 29.1. The first-order chi connectivity index (χ1) is 14.5. The third-order valence-electron chi connectivity index (χ3n) is 5.27. The van der Waals surface area contributed by atoms with E-state index in [1.54, 1.807) is 24.4 Å². The van der Waals surface area contributed by atoms with Crippen molar-refractivity contribution < 1.29 is 22.7 Å². The maximum absolute atomic E-state index is 13.1. The smallest absolute Gasteiger partial charge is 0.357 e. The van der Waals surface area contributed by atoms with E-state index in [1.807, 2.05) is 12.1 Å². The highest BCUT2D eigenvalue weighted by molar-refractivity contribution is 7.71. The Balaban J connectivity index is 1.75. The first-order valence-electron chi connectivity index (χ1n) is 10.1. The van der Waals surface area contributed by atoms with Crippen LogP contribution in [0.15, 0.2) is 29.6 Å². The number of benzene rings is 1. The molecule has 1 fully saturated rings. The van der Waals surface area contributed by atoms with Crippen LogP contribution in [-0.4, -0.2) is 31.9 Å². The predicted molar refractivity (Wildman–Crippen MR) is 116 cm³/mol. The molecule has 162 valence electrons. The molecule has 0 spiro atoms. The van der Waals surface area contributed by atoms with Crippen molar-refractivity contribution in [2.45, 2.75) is 50.7 Å². The summed E-state index contributed by atoms with van der Waals surface area (Å²) in [6.07, 6.45) is 5.33. The summed E-state index contributed by atoms with van der Waals surface area (Å²) in [5, 5.41) is 4.77. The predicted octanol–water partition coefficient (Wildman–Crippen LogP) is 3.73. The van der Waals surface area contributed by atoms with Gasteiger partial charge in [-0.25, -0.2) is 18.2 Å². The number of amides is 1. The fraction of sp³-hybridized carbons (Fsp3) is 0.476. The zero-order valence-corrected chi connectivity index (χ0v) is 18.5. The summed E-state index contributed by atoms with van der Waals surface area (Å²) in [5.41, 5.74) is 1.74. The molecule has 1 aliphatic rings. The molecule has 30 heavy (non-hydrogen) atoms. The third-order valence-corrected chi connectivity index (χ3v) is 6.65. The van der Waals surface area contributed by atoms with Gasteiger partial charge in [-0.2, -0.15) is 0 Å².